The molecule has 0 aromatic carbocycles. The summed E-state index contributed by atoms with van der Waals surface area (Å²) in [6.07, 6.45) is 3.64. The molecule has 2 rings (SSSR count). The molecule has 0 aliphatic heterocycles. The normalized spacial score (nSPS) is 10.4. The number of aromatic nitrogens is 3. The maximum absolute atomic E-state index is 5.73. The zero-order valence-electron chi connectivity index (χ0n) is 6.78. The fraction of sp³-hybridized carbons (Fsp3) is 0.125. The molecule has 0 aliphatic carbocycles. The lowest BCUT2D eigenvalue weighted by atomic mass is 10.3. The Morgan fingerprint density at radius 3 is 2.92 bits per heavy atom. The summed E-state index contributed by atoms with van der Waals surface area (Å²) in [5, 5.41) is 4.21. The van der Waals surface area contributed by atoms with Crippen molar-refractivity contribution in [1.29, 1.82) is 0 Å². The van der Waals surface area contributed by atoms with Crippen LogP contribution in [0.15, 0.2) is 24.5 Å². The second-order valence-corrected chi connectivity index (χ2v) is 2.69. The van der Waals surface area contributed by atoms with Crippen LogP contribution < -0.4 is 5.73 Å². The van der Waals surface area contributed by atoms with Gasteiger partial charge in [0.25, 0.3) is 0 Å². The van der Waals surface area contributed by atoms with Crippen LogP contribution in [0.2, 0.25) is 0 Å². The summed E-state index contributed by atoms with van der Waals surface area (Å²) in [6, 6.07) is 3.86. The molecule has 2 aromatic heterocycles. The summed E-state index contributed by atoms with van der Waals surface area (Å²) < 4.78 is 1.70. The van der Waals surface area contributed by atoms with E-state index in [2.05, 4.69) is 10.1 Å². The Morgan fingerprint density at radius 1 is 1.58 bits per heavy atom. The van der Waals surface area contributed by atoms with Gasteiger partial charge in [-0.25, -0.2) is 0 Å². The Bertz CT molecular complexity index is 372. The number of H-pyrrole nitrogens is 1. The molecule has 0 unspecified atom stereocenters. The monoisotopic (exact) mass is 162 g/mol. The summed E-state index contributed by atoms with van der Waals surface area (Å²) in [5.41, 5.74) is 8.18. The SMILES string of the molecule is Cn1cc(N)c(-c2ccc[nH]2)n1. The van der Waals surface area contributed by atoms with E-state index in [0.29, 0.717) is 5.69 Å². The molecule has 0 saturated heterocycles. The Balaban J connectivity index is 2.54. The summed E-state index contributed by atoms with van der Waals surface area (Å²) in [4.78, 5) is 3.05. The predicted octanol–water partition coefficient (Wildman–Crippen LogP) is 0.997. The van der Waals surface area contributed by atoms with Crippen molar-refractivity contribution in [3.63, 3.8) is 0 Å². The van der Waals surface area contributed by atoms with Gasteiger partial charge in [0.2, 0.25) is 0 Å². The topological polar surface area (TPSA) is 59.6 Å². The van der Waals surface area contributed by atoms with E-state index < -0.39 is 0 Å². The average molecular weight is 162 g/mol. The minimum atomic E-state index is 0.694. The summed E-state index contributed by atoms with van der Waals surface area (Å²) in [6.45, 7) is 0. The van der Waals surface area contributed by atoms with Crippen molar-refractivity contribution >= 4 is 5.69 Å². The van der Waals surface area contributed by atoms with E-state index in [1.165, 1.54) is 0 Å². The number of nitrogens with two attached hydrogens (primary N) is 1. The van der Waals surface area contributed by atoms with E-state index in [9.17, 15) is 0 Å². The molecule has 3 N–H and O–H groups in total. The molecule has 0 atom stereocenters. The molecule has 0 radical (unpaired) electrons. The minimum Gasteiger partial charge on any atom is -0.396 e. The fourth-order valence-electron chi connectivity index (χ4n) is 1.19. The van der Waals surface area contributed by atoms with Gasteiger partial charge < -0.3 is 10.7 Å². The minimum absolute atomic E-state index is 0.694. The van der Waals surface area contributed by atoms with E-state index in [1.807, 2.05) is 25.4 Å². The molecule has 4 nitrogen and oxygen atoms in total. The third-order valence-corrected chi connectivity index (χ3v) is 1.71. The number of nitrogens with one attached hydrogen (secondary N) is 1. The van der Waals surface area contributed by atoms with Crippen molar-refractivity contribution in [2.45, 2.75) is 0 Å². The van der Waals surface area contributed by atoms with Crippen molar-refractivity contribution in [1.82, 2.24) is 14.8 Å². The second kappa shape index (κ2) is 2.41. The van der Waals surface area contributed by atoms with Gasteiger partial charge in [0.15, 0.2) is 0 Å². The maximum Gasteiger partial charge on any atom is 0.131 e. The summed E-state index contributed by atoms with van der Waals surface area (Å²) in [7, 11) is 1.85. The van der Waals surface area contributed by atoms with Gasteiger partial charge in [-0.15, -0.1) is 0 Å². The van der Waals surface area contributed by atoms with Crippen LogP contribution in [-0.4, -0.2) is 14.8 Å². The third-order valence-electron chi connectivity index (χ3n) is 1.71. The van der Waals surface area contributed by atoms with E-state index in [1.54, 1.807) is 10.9 Å². The molecule has 0 fully saturated rings. The van der Waals surface area contributed by atoms with Gasteiger partial charge in [0.05, 0.1) is 11.4 Å². The highest BCUT2D eigenvalue weighted by Gasteiger charge is 2.06. The lowest BCUT2D eigenvalue weighted by Crippen LogP contribution is -1.88. The molecule has 62 valence electrons. The zero-order valence-corrected chi connectivity index (χ0v) is 6.78. The Kier molecular flexibility index (Phi) is 1.40. The molecule has 2 heterocycles. The van der Waals surface area contributed by atoms with E-state index in [4.69, 9.17) is 5.73 Å². The molecule has 0 spiro atoms. The predicted molar refractivity (Wildman–Crippen MR) is 47.4 cm³/mol. The molecular formula is C8H10N4. The van der Waals surface area contributed by atoms with Crippen LogP contribution in [0.3, 0.4) is 0 Å². The molecule has 0 bridgehead atoms. The molecule has 4 heteroatoms. The van der Waals surface area contributed by atoms with Crippen molar-refractivity contribution in [3.05, 3.63) is 24.5 Å². The Labute approximate surface area is 70.0 Å². The highest BCUT2D eigenvalue weighted by atomic mass is 15.3. The second-order valence-electron chi connectivity index (χ2n) is 2.69. The third kappa shape index (κ3) is 0.972. The van der Waals surface area contributed by atoms with Crippen LogP contribution in [0.5, 0.6) is 0 Å². The van der Waals surface area contributed by atoms with Crippen molar-refractivity contribution in [3.8, 4) is 11.4 Å². The summed E-state index contributed by atoms with van der Waals surface area (Å²) >= 11 is 0. The zero-order chi connectivity index (χ0) is 8.55. The molecule has 12 heavy (non-hydrogen) atoms. The van der Waals surface area contributed by atoms with Crippen LogP contribution in [0, 0.1) is 0 Å². The van der Waals surface area contributed by atoms with Gasteiger partial charge in [-0.1, -0.05) is 0 Å². The number of nitrogen functional groups attached to an aromatic ring is 1. The standard InChI is InChI=1S/C8H10N4/c1-12-5-6(9)8(11-12)7-3-2-4-10-7/h2-5,10H,9H2,1H3. The van der Waals surface area contributed by atoms with E-state index >= 15 is 0 Å². The van der Waals surface area contributed by atoms with Gasteiger partial charge in [0.1, 0.15) is 5.69 Å². The van der Waals surface area contributed by atoms with Gasteiger partial charge in [-0.2, -0.15) is 5.10 Å². The smallest absolute Gasteiger partial charge is 0.131 e. The average Bonchev–Trinajstić information content (AvgIpc) is 2.58. The first-order valence-corrected chi connectivity index (χ1v) is 3.70. The van der Waals surface area contributed by atoms with Crippen LogP contribution in [-0.2, 0) is 7.05 Å². The van der Waals surface area contributed by atoms with E-state index in [-0.39, 0.29) is 0 Å². The first-order chi connectivity index (χ1) is 5.77. The Morgan fingerprint density at radius 2 is 2.42 bits per heavy atom. The van der Waals surface area contributed by atoms with Gasteiger partial charge >= 0.3 is 0 Å². The molecule has 0 amide bonds. The number of aromatic amines is 1. The van der Waals surface area contributed by atoms with Crippen LogP contribution in [0.25, 0.3) is 11.4 Å². The van der Waals surface area contributed by atoms with Gasteiger partial charge in [0, 0.05) is 19.4 Å². The first kappa shape index (κ1) is 6.97. The lowest BCUT2D eigenvalue weighted by Gasteiger charge is -1.91. The number of aryl methyl sites for hydroxylation is 1. The van der Waals surface area contributed by atoms with Crippen LogP contribution in [0.4, 0.5) is 5.69 Å². The van der Waals surface area contributed by atoms with Crippen molar-refractivity contribution < 1.29 is 0 Å². The lowest BCUT2D eigenvalue weighted by molar-refractivity contribution is 0.770. The Hall–Kier alpha value is -1.71. The van der Waals surface area contributed by atoms with Gasteiger partial charge in [-0.05, 0) is 12.1 Å². The first-order valence-electron chi connectivity index (χ1n) is 3.70. The van der Waals surface area contributed by atoms with Crippen molar-refractivity contribution in [2.24, 2.45) is 7.05 Å². The van der Waals surface area contributed by atoms with Crippen LogP contribution >= 0.6 is 0 Å². The highest BCUT2D eigenvalue weighted by molar-refractivity contribution is 5.68. The number of rotatable bonds is 1. The molecule has 0 aliphatic rings. The number of nitrogens with zero attached hydrogens (tertiary/aromatic N) is 2. The largest absolute Gasteiger partial charge is 0.396 e. The van der Waals surface area contributed by atoms with Crippen LogP contribution in [0.1, 0.15) is 0 Å². The number of anilines is 1. The van der Waals surface area contributed by atoms with Gasteiger partial charge in [-0.3, -0.25) is 4.68 Å². The molecular weight excluding hydrogens is 152 g/mol. The van der Waals surface area contributed by atoms with Crippen molar-refractivity contribution in [2.75, 3.05) is 5.73 Å². The van der Waals surface area contributed by atoms with E-state index in [0.717, 1.165) is 11.4 Å². The molecule has 2 aromatic rings. The highest BCUT2D eigenvalue weighted by Crippen LogP contribution is 2.20. The quantitative estimate of drug-likeness (QED) is 0.657. The summed E-state index contributed by atoms with van der Waals surface area (Å²) in [5.74, 6) is 0. The molecule has 0 saturated carbocycles. The number of hydrogen-bond donors (Lipinski definition) is 2. The number of hydrogen-bond acceptors (Lipinski definition) is 2. The fourth-order valence-corrected chi connectivity index (χ4v) is 1.19. The maximum atomic E-state index is 5.73.